The van der Waals surface area contributed by atoms with Crippen LogP contribution in [0.15, 0.2) is 4.90 Å². The summed E-state index contributed by atoms with van der Waals surface area (Å²) < 4.78 is 0.365. The minimum absolute atomic E-state index is 0.236. The number of H-pyrrole nitrogens is 1. The molecular weight excluding hydrogens is 245 g/mol. The highest BCUT2D eigenvalue weighted by Gasteiger charge is 2.06. The van der Waals surface area contributed by atoms with E-state index in [1.807, 2.05) is 0 Å². The van der Waals surface area contributed by atoms with Crippen LogP contribution in [0.2, 0.25) is 15.3 Å². The van der Waals surface area contributed by atoms with E-state index in [4.69, 9.17) is 47.0 Å². The highest BCUT2D eigenvalue weighted by Crippen LogP contribution is 2.29. The third-order valence-electron chi connectivity index (χ3n) is 1.03. The highest BCUT2D eigenvalue weighted by molar-refractivity contribution is 7.81. The second-order valence-electron chi connectivity index (χ2n) is 1.74. The molecule has 1 nitrogen and oxygen atoms in total. The molecule has 60 valence electrons. The zero-order chi connectivity index (χ0) is 8.59. The molecule has 1 aromatic heterocycles. The number of aromatic amines is 1. The van der Waals surface area contributed by atoms with E-state index in [9.17, 15) is 0 Å². The van der Waals surface area contributed by atoms with Crippen molar-refractivity contribution in [3.8, 4) is 0 Å². The molecule has 0 amide bonds. The maximum Gasteiger partial charge on any atom is 0.127 e. The lowest BCUT2D eigenvalue weighted by Crippen LogP contribution is -1.82. The lowest BCUT2D eigenvalue weighted by Gasteiger charge is -2.00. The van der Waals surface area contributed by atoms with Gasteiger partial charge in [0.15, 0.2) is 0 Å². The Kier molecular flexibility index (Phi) is 3.11. The van der Waals surface area contributed by atoms with Crippen molar-refractivity contribution in [2.24, 2.45) is 0 Å². The van der Waals surface area contributed by atoms with E-state index >= 15 is 0 Å². The first kappa shape index (κ1) is 9.68. The fourth-order valence-electron chi connectivity index (χ4n) is 0.514. The van der Waals surface area contributed by atoms with Crippen LogP contribution < -0.4 is 0 Å². The molecule has 1 N–H and O–H groups in total. The summed E-state index contributed by atoms with van der Waals surface area (Å²) in [6.07, 6.45) is 0. The smallest absolute Gasteiger partial charge is 0.127 e. The van der Waals surface area contributed by atoms with Crippen LogP contribution in [0.4, 0.5) is 0 Å². The van der Waals surface area contributed by atoms with E-state index < -0.39 is 0 Å². The van der Waals surface area contributed by atoms with Crippen molar-refractivity contribution < 1.29 is 0 Å². The molecule has 11 heavy (non-hydrogen) atoms. The Morgan fingerprint density at radius 3 is 2.27 bits per heavy atom. The van der Waals surface area contributed by atoms with Gasteiger partial charge in [0.25, 0.3) is 0 Å². The average molecular weight is 247 g/mol. The standard InChI is InChI=1S/C5H2Cl3NS2/c6-1-2(10)3(11)5(8)9-4(1)7/h11H,(H,9,10). The van der Waals surface area contributed by atoms with Gasteiger partial charge >= 0.3 is 0 Å². The summed E-state index contributed by atoms with van der Waals surface area (Å²) in [5.74, 6) is 0. The first-order chi connectivity index (χ1) is 5.04. The predicted octanol–water partition coefficient (Wildman–Crippen LogP) is 3.99. The molecule has 1 heterocycles. The van der Waals surface area contributed by atoms with Crippen LogP contribution in [-0.2, 0) is 0 Å². The third-order valence-corrected chi connectivity index (χ3v) is 3.33. The molecule has 0 spiro atoms. The molecule has 1 rings (SSSR count). The molecule has 1 aromatic rings. The van der Waals surface area contributed by atoms with Crippen LogP contribution >= 0.6 is 59.6 Å². The second kappa shape index (κ2) is 3.54. The van der Waals surface area contributed by atoms with Crippen molar-refractivity contribution >= 4 is 59.6 Å². The molecule has 0 bridgehead atoms. The Morgan fingerprint density at radius 1 is 1.18 bits per heavy atom. The number of halogens is 3. The molecule has 0 fully saturated rings. The molecule has 0 atom stereocenters. The fraction of sp³-hybridized carbons (Fsp3) is 0. The van der Waals surface area contributed by atoms with E-state index in [1.165, 1.54) is 0 Å². The van der Waals surface area contributed by atoms with Crippen LogP contribution in [-0.4, -0.2) is 4.98 Å². The number of hydrogen-bond acceptors (Lipinski definition) is 2. The fourth-order valence-corrected chi connectivity index (χ4v) is 1.63. The predicted molar refractivity (Wildman–Crippen MR) is 53.9 cm³/mol. The van der Waals surface area contributed by atoms with E-state index in [0.29, 0.717) is 14.6 Å². The summed E-state index contributed by atoms with van der Waals surface area (Å²) in [6, 6.07) is 0. The van der Waals surface area contributed by atoms with Gasteiger partial charge in [-0.25, -0.2) is 0 Å². The van der Waals surface area contributed by atoms with Crippen molar-refractivity contribution in [1.29, 1.82) is 0 Å². The van der Waals surface area contributed by atoms with Crippen LogP contribution in [0.3, 0.4) is 0 Å². The molecule has 0 aliphatic carbocycles. The number of rotatable bonds is 0. The second-order valence-corrected chi connectivity index (χ2v) is 3.73. The Balaban J connectivity index is 3.59. The van der Waals surface area contributed by atoms with E-state index in [2.05, 4.69) is 17.6 Å². The molecule has 0 aromatic carbocycles. The van der Waals surface area contributed by atoms with Gasteiger partial charge in [0.1, 0.15) is 10.3 Å². The molecule has 0 aliphatic heterocycles. The molecular formula is C5H2Cl3NS2. The molecule has 0 saturated heterocycles. The Morgan fingerprint density at radius 2 is 1.73 bits per heavy atom. The van der Waals surface area contributed by atoms with Crippen LogP contribution in [0.1, 0.15) is 0 Å². The monoisotopic (exact) mass is 245 g/mol. The number of thiol groups is 1. The average Bonchev–Trinajstić information content (AvgIpc) is 1.97. The van der Waals surface area contributed by atoms with Gasteiger partial charge in [-0.2, -0.15) is 0 Å². The molecule has 0 radical (unpaired) electrons. The SMILES string of the molecule is S=c1c(S)c(Cl)[nH]c(Cl)c1Cl. The van der Waals surface area contributed by atoms with Crippen molar-refractivity contribution in [2.45, 2.75) is 4.90 Å². The number of pyridine rings is 1. The van der Waals surface area contributed by atoms with Crippen LogP contribution in [0.25, 0.3) is 0 Å². The zero-order valence-electron chi connectivity index (χ0n) is 4.99. The summed E-state index contributed by atoms with van der Waals surface area (Å²) in [5, 5.41) is 0.809. The Hall–Kier alpha value is 0.590. The number of nitrogens with one attached hydrogen (secondary N) is 1. The van der Waals surface area contributed by atoms with Gasteiger partial charge in [-0.3, -0.25) is 0 Å². The molecule has 0 unspecified atom stereocenters. The lowest BCUT2D eigenvalue weighted by molar-refractivity contribution is 1.23. The normalized spacial score (nSPS) is 10.2. The largest absolute Gasteiger partial charge is 0.334 e. The van der Waals surface area contributed by atoms with Gasteiger partial charge in [0, 0.05) is 0 Å². The van der Waals surface area contributed by atoms with Gasteiger partial charge in [0.2, 0.25) is 0 Å². The number of hydrogen-bond donors (Lipinski definition) is 2. The maximum absolute atomic E-state index is 5.68. The first-order valence-corrected chi connectivity index (χ1v) is 4.48. The van der Waals surface area contributed by atoms with Crippen molar-refractivity contribution in [1.82, 2.24) is 4.98 Å². The van der Waals surface area contributed by atoms with Crippen molar-refractivity contribution in [2.75, 3.05) is 0 Å². The lowest BCUT2D eigenvalue weighted by atomic mass is 10.5. The summed E-state index contributed by atoms with van der Waals surface area (Å²) in [5.41, 5.74) is 0. The van der Waals surface area contributed by atoms with E-state index in [0.717, 1.165) is 0 Å². The zero-order valence-corrected chi connectivity index (χ0v) is 8.97. The van der Waals surface area contributed by atoms with Crippen molar-refractivity contribution in [3.05, 3.63) is 19.8 Å². The minimum atomic E-state index is 0.236. The van der Waals surface area contributed by atoms with E-state index in [-0.39, 0.29) is 10.2 Å². The summed E-state index contributed by atoms with van der Waals surface area (Å²) in [6.45, 7) is 0. The Labute approximate surface area is 89.1 Å². The summed E-state index contributed by atoms with van der Waals surface area (Å²) in [7, 11) is 0. The van der Waals surface area contributed by atoms with Gasteiger partial charge in [-0.1, -0.05) is 47.0 Å². The van der Waals surface area contributed by atoms with E-state index in [1.54, 1.807) is 0 Å². The molecule has 0 saturated carbocycles. The van der Waals surface area contributed by atoms with Crippen molar-refractivity contribution in [3.63, 3.8) is 0 Å². The van der Waals surface area contributed by atoms with Crippen LogP contribution in [0.5, 0.6) is 0 Å². The third kappa shape index (κ3) is 1.84. The molecule has 6 heteroatoms. The summed E-state index contributed by atoms with van der Waals surface area (Å²) >= 11 is 25.8. The van der Waals surface area contributed by atoms with Gasteiger partial charge in [-0.15, -0.1) is 12.6 Å². The number of aromatic nitrogens is 1. The maximum atomic E-state index is 5.68. The summed E-state index contributed by atoms with van der Waals surface area (Å²) in [4.78, 5) is 3.04. The first-order valence-electron chi connectivity index (χ1n) is 2.49. The van der Waals surface area contributed by atoms with Gasteiger partial charge in [-0.05, 0) is 0 Å². The van der Waals surface area contributed by atoms with Gasteiger partial charge in [0.05, 0.1) is 14.4 Å². The quantitative estimate of drug-likeness (QED) is 0.402. The van der Waals surface area contributed by atoms with Crippen LogP contribution in [0, 0.1) is 4.51 Å². The minimum Gasteiger partial charge on any atom is -0.334 e. The Bertz CT molecular complexity index is 317. The molecule has 0 aliphatic rings. The topological polar surface area (TPSA) is 15.8 Å². The van der Waals surface area contributed by atoms with Gasteiger partial charge < -0.3 is 4.98 Å². The highest BCUT2D eigenvalue weighted by atomic mass is 35.5.